The SMILES string of the molecule is NC(=O)OC1CCCN(C(=O)Cc2ccccc2)C1. The number of piperidine rings is 1. The Labute approximate surface area is 112 Å². The maximum atomic E-state index is 12.2. The number of primary amides is 1. The molecule has 1 atom stereocenters. The van der Waals surface area contributed by atoms with Crippen LogP contribution in [0.1, 0.15) is 18.4 Å². The number of nitrogens with zero attached hydrogens (tertiary/aromatic N) is 1. The third-order valence-corrected chi connectivity index (χ3v) is 3.21. The minimum atomic E-state index is -0.776. The van der Waals surface area contributed by atoms with Gasteiger partial charge in [-0.1, -0.05) is 30.3 Å². The van der Waals surface area contributed by atoms with Crippen LogP contribution in [0.4, 0.5) is 4.79 Å². The first kappa shape index (κ1) is 13.4. The zero-order chi connectivity index (χ0) is 13.7. The summed E-state index contributed by atoms with van der Waals surface area (Å²) < 4.78 is 4.97. The molecule has 5 nitrogen and oxygen atoms in total. The van der Waals surface area contributed by atoms with Crippen LogP contribution in [0.15, 0.2) is 30.3 Å². The fourth-order valence-electron chi connectivity index (χ4n) is 2.31. The van der Waals surface area contributed by atoms with Gasteiger partial charge in [-0.05, 0) is 18.4 Å². The van der Waals surface area contributed by atoms with E-state index < -0.39 is 6.09 Å². The third kappa shape index (κ3) is 3.98. The van der Waals surface area contributed by atoms with Crippen molar-refractivity contribution in [2.75, 3.05) is 13.1 Å². The Bertz CT molecular complexity index is 447. The molecule has 1 aliphatic rings. The highest BCUT2D eigenvalue weighted by Crippen LogP contribution is 2.14. The first-order valence-corrected chi connectivity index (χ1v) is 6.43. The summed E-state index contributed by atoms with van der Waals surface area (Å²) in [7, 11) is 0. The molecule has 1 heterocycles. The van der Waals surface area contributed by atoms with E-state index in [-0.39, 0.29) is 12.0 Å². The minimum Gasteiger partial charge on any atom is -0.445 e. The molecule has 102 valence electrons. The van der Waals surface area contributed by atoms with Crippen LogP contribution in [0.25, 0.3) is 0 Å². The molecule has 1 saturated heterocycles. The predicted octanol–water partition coefficient (Wildman–Crippen LogP) is 1.32. The van der Waals surface area contributed by atoms with E-state index in [4.69, 9.17) is 10.5 Å². The van der Waals surface area contributed by atoms with Crippen molar-refractivity contribution in [3.63, 3.8) is 0 Å². The molecular weight excluding hydrogens is 244 g/mol. The molecule has 0 aromatic heterocycles. The van der Waals surface area contributed by atoms with Gasteiger partial charge in [0.25, 0.3) is 0 Å². The van der Waals surface area contributed by atoms with Crippen LogP contribution in [0, 0.1) is 0 Å². The second-order valence-corrected chi connectivity index (χ2v) is 4.70. The van der Waals surface area contributed by atoms with Crippen molar-refractivity contribution in [3.8, 4) is 0 Å². The predicted molar refractivity (Wildman–Crippen MR) is 70.4 cm³/mol. The molecule has 2 N–H and O–H groups in total. The number of carbonyl (C=O) groups excluding carboxylic acids is 2. The lowest BCUT2D eigenvalue weighted by Gasteiger charge is -2.32. The van der Waals surface area contributed by atoms with Crippen molar-refractivity contribution < 1.29 is 14.3 Å². The molecule has 19 heavy (non-hydrogen) atoms. The zero-order valence-electron chi connectivity index (χ0n) is 10.7. The molecule has 0 aliphatic carbocycles. The Balaban J connectivity index is 1.90. The quantitative estimate of drug-likeness (QED) is 0.892. The highest BCUT2D eigenvalue weighted by molar-refractivity contribution is 5.79. The Kier molecular flexibility index (Phi) is 4.39. The van der Waals surface area contributed by atoms with Crippen LogP contribution in [0.5, 0.6) is 0 Å². The normalized spacial score (nSPS) is 18.9. The lowest BCUT2D eigenvalue weighted by Crippen LogP contribution is -2.45. The first-order chi connectivity index (χ1) is 9.15. The fourth-order valence-corrected chi connectivity index (χ4v) is 2.31. The maximum absolute atomic E-state index is 12.2. The zero-order valence-corrected chi connectivity index (χ0v) is 10.7. The smallest absolute Gasteiger partial charge is 0.404 e. The average Bonchev–Trinajstić information content (AvgIpc) is 2.39. The topological polar surface area (TPSA) is 72.6 Å². The number of nitrogens with two attached hydrogens (primary N) is 1. The number of amides is 2. The van der Waals surface area contributed by atoms with Gasteiger partial charge < -0.3 is 15.4 Å². The molecule has 2 rings (SSSR count). The monoisotopic (exact) mass is 262 g/mol. The number of rotatable bonds is 3. The summed E-state index contributed by atoms with van der Waals surface area (Å²) >= 11 is 0. The third-order valence-electron chi connectivity index (χ3n) is 3.21. The van der Waals surface area contributed by atoms with Gasteiger partial charge in [-0.15, -0.1) is 0 Å². The van der Waals surface area contributed by atoms with Crippen molar-refractivity contribution in [2.45, 2.75) is 25.4 Å². The van der Waals surface area contributed by atoms with Crippen molar-refractivity contribution in [1.29, 1.82) is 0 Å². The molecule has 1 fully saturated rings. The number of ether oxygens (including phenoxy) is 1. The summed E-state index contributed by atoms with van der Waals surface area (Å²) in [5.41, 5.74) is 5.99. The summed E-state index contributed by atoms with van der Waals surface area (Å²) in [6, 6.07) is 9.61. The van der Waals surface area contributed by atoms with E-state index in [1.54, 1.807) is 4.90 Å². The second-order valence-electron chi connectivity index (χ2n) is 4.70. The summed E-state index contributed by atoms with van der Waals surface area (Å²) in [4.78, 5) is 24.6. The highest BCUT2D eigenvalue weighted by atomic mass is 16.6. The number of hydrogen-bond acceptors (Lipinski definition) is 3. The van der Waals surface area contributed by atoms with E-state index in [1.807, 2.05) is 30.3 Å². The molecule has 0 spiro atoms. The molecule has 1 aromatic carbocycles. The molecule has 1 unspecified atom stereocenters. The van der Waals surface area contributed by atoms with Gasteiger partial charge in [0.1, 0.15) is 6.10 Å². The summed E-state index contributed by atoms with van der Waals surface area (Å²) in [5, 5.41) is 0. The molecular formula is C14H18N2O3. The van der Waals surface area contributed by atoms with Gasteiger partial charge in [0, 0.05) is 6.54 Å². The van der Waals surface area contributed by atoms with Crippen LogP contribution in [0.3, 0.4) is 0 Å². The van der Waals surface area contributed by atoms with Crippen LogP contribution < -0.4 is 5.73 Å². The van der Waals surface area contributed by atoms with E-state index >= 15 is 0 Å². The van der Waals surface area contributed by atoms with Gasteiger partial charge >= 0.3 is 6.09 Å². The molecule has 0 saturated carbocycles. The van der Waals surface area contributed by atoms with Gasteiger partial charge in [-0.2, -0.15) is 0 Å². The van der Waals surface area contributed by atoms with Crippen molar-refractivity contribution in [3.05, 3.63) is 35.9 Å². The lowest BCUT2D eigenvalue weighted by molar-refractivity contribution is -0.133. The molecule has 1 aliphatic heterocycles. The summed E-state index contributed by atoms with van der Waals surface area (Å²) in [6.07, 6.45) is 0.925. The average molecular weight is 262 g/mol. The maximum Gasteiger partial charge on any atom is 0.404 e. The van der Waals surface area contributed by atoms with Crippen LogP contribution >= 0.6 is 0 Å². The van der Waals surface area contributed by atoms with Crippen molar-refractivity contribution in [1.82, 2.24) is 4.90 Å². The van der Waals surface area contributed by atoms with Gasteiger partial charge in [0.15, 0.2) is 0 Å². The van der Waals surface area contributed by atoms with Crippen molar-refractivity contribution in [2.24, 2.45) is 5.73 Å². The lowest BCUT2D eigenvalue weighted by atomic mass is 10.1. The van der Waals surface area contributed by atoms with Gasteiger partial charge in [-0.25, -0.2) is 4.79 Å². The molecule has 1 aromatic rings. The van der Waals surface area contributed by atoms with E-state index in [0.29, 0.717) is 19.5 Å². The van der Waals surface area contributed by atoms with Crippen LogP contribution in [-0.4, -0.2) is 36.1 Å². The highest BCUT2D eigenvalue weighted by Gasteiger charge is 2.25. The van der Waals surface area contributed by atoms with Crippen molar-refractivity contribution >= 4 is 12.0 Å². The largest absolute Gasteiger partial charge is 0.445 e. The van der Waals surface area contributed by atoms with Crippen LogP contribution in [-0.2, 0) is 16.0 Å². The second kappa shape index (κ2) is 6.22. The van der Waals surface area contributed by atoms with Crippen LogP contribution in [0.2, 0.25) is 0 Å². The number of likely N-dealkylation sites (tertiary alicyclic amines) is 1. The summed E-state index contributed by atoms with van der Waals surface area (Å²) in [5.74, 6) is 0.0592. The number of carbonyl (C=O) groups is 2. The van der Waals surface area contributed by atoms with E-state index in [2.05, 4.69) is 0 Å². The van der Waals surface area contributed by atoms with Gasteiger partial charge in [0.05, 0.1) is 13.0 Å². The molecule has 0 radical (unpaired) electrons. The Hall–Kier alpha value is -2.04. The van der Waals surface area contributed by atoms with Gasteiger partial charge in [0.2, 0.25) is 5.91 Å². The van der Waals surface area contributed by atoms with E-state index in [9.17, 15) is 9.59 Å². The van der Waals surface area contributed by atoms with E-state index in [0.717, 1.165) is 18.4 Å². The first-order valence-electron chi connectivity index (χ1n) is 6.43. The number of hydrogen-bond donors (Lipinski definition) is 1. The van der Waals surface area contributed by atoms with E-state index in [1.165, 1.54) is 0 Å². The fraction of sp³-hybridized carbons (Fsp3) is 0.429. The Morgan fingerprint density at radius 1 is 1.32 bits per heavy atom. The minimum absolute atomic E-state index is 0.0592. The molecule has 5 heteroatoms. The number of benzene rings is 1. The molecule has 0 bridgehead atoms. The standard InChI is InChI=1S/C14H18N2O3/c15-14(18)19-12-7-4-8-16(10-12)13(17)9-11-5-2-1-3-6-11/h1-3,5-6,12H,4,7-10H2,(H2,15,18). The Morgan fingerprint density at radius 2 is 2.05 bits per heavy atom. The summed E-state index contributed by atoms with van der Waals surface area (Å²) in [6.45, 7) is 1.15. The van der Waals surface area contributed by atoms with Gasteiger partial charge in [-0.3, -0.25) is 4.79 Å². The molecule has 2 amide bonds. The Morgan fingerprint density at radius 3 is 2.74 bits per heavy atom.